The maximum absolute atomic E-state index is 12.2. The van der Waals surface area contributed by atoms with Crippen LogP contribution in [0.4, 0.5) is 4.79 Å². The van der Waals surface area contributed by atoms with Crippen LogP contribution in [0, 0.1) is 0 Å². The Hall–Kier alpha value is -1.26. The van der Waals surface area contributed by atoms with Gasteiger partial charge in [0.25, 0.3) is 0 Å². The van der Waals surface area contributed by atoms with Crippen LogP contribution in [0.1, 0.15) is 39.5 Å². The Kier molecular flexibility index (Phi) is 5.25. The highest BCUT2D eigenvalue weighted by atomic mass is 16.4. The van der Waals surface area contributed by atoms with Crippen molar-refractivity contribution >= 4 is 12.0 Å². The SMILES string of the molecule is CCN(CC)C(=O)N1CCCCCC1C(=O)O. The lowest BCUT2D eigenvalue weighted by atomic mass is 10.1. The molecular weight excluding hydrogens is 220 g/mol. The molecule has 1 aliphatic heterocycles. The number of urea groups is 1. The number of nitrogens with zero attached hydrogens (tertiary/aromatic N) is 2. The normalized spacial score (nSPS) is 20.8. The van der Waals surface area contributed by atoms with E-state index < -0.39 is 12.0 Å². The van der Waals surface area contributed by atoms with Gasteiger partial charge in [0.1, 0.15) is 6.04 Å². The number of rotatable bonds is 3. The Morgan fingerprint density at radius 3 is 2.41 bits per heavy atom. The Morgan fingerprint density at radius 1 is 1.24 bits per heavy atom. The molecule has 1 rings (SSSR count). The number of hydrogen-bond acceptors (Lipinski definition) is 2. The third-order valence-corrected chi connectivity index (χ3v) is 3.32. The molecule has 0 spiro atoms. The molecular formula is C12H22N2O3. The van der Waals surface area contributed by atoms with Crippen LogP contribution >= 0.6 is 0 Å². The first-order chi connectivity index (χ1) is 8.11. The molecule has 98 valence electrons. The number of amides is 2. The van der Waals surface area contributed by atoms with Crippen molar-refractivity contribution in [3.05, 3.63) is 0 Å². The second-order valence-corrected chi connectivity index (χ2v) is 4.35. The predicted octanol–water partition coefficient (Wildman–Crippen LogP) is 1.78. The van der Waals surface area contributed by atoms with Gasteiger partial charge in [0.05, 0.1) is 0 Å². The van der Waals surface area contributed by atoms with Crippen molar-refractivity contribution in [2.45, 2.75) is 45.6 Å². The van der Waals surface area contributed by atoms with Crippen LogP contribution in [0.15, 0.2) is 0 Å². The second kappa shape index (κ2) is 6.47. The summed E-state index contributed by atoms with van der Waals surface area (Å²) in [4.78, 5) is 26.6. The number of likely N-dealkylation sites (tertiary alicyclic amines) is 1. The lowest BCUT2D eigenvalue weighted by molar-refractivity contribution is -0.142. The summed E-state index contributed by atoms with van der Waals surface area (Å²) in [6.07, 6.45) is 3.37. The van der Waals surface area contributed by atoms with Gasteiger partial charge < -0.3 is 14.9 Å². The van der Waals surface area contributed by atoms with E-state index >= 15 is 0 Å². The van der Waals surface area contributed by atoms with Gasteiger partial charge in [-0.2, -0.15) is 0 Å². The van der Waals surface area contributed by atoms with Crippen LogP contribution in [0.5, 0.6) is 0 Å². The molecule has 0 aromatic carbocycles. The first-order valence-electron chi connectivity index (χ1n) is 6.40. The van der Waals surface area contributed by atoms with Crippen molar-refractivity contribution in [3.8, 4) is 0 Å². The smallest absolute Gasteiger partial charge is 0.326 e. The van der Waals surface area contributed by atoms with E-state index in [-0.39, 0.29) is 6.03 Å². The van der Waals surface area contributed by atoms with Crippen molar-refractivity contribution in [1.29, 1.82) is 0 Å². The van der Waals surface area contributed by atoms with E-state index in [0.717, 1.165) is 19.3 Å². The monoisotopic (exact) mass is 242 g/mol. The van der Waals surface area contributed by atoms with Crippen LogP contribution in [-0.4, -0.2) is 52.6 Å². The van der Waals surface area contributed by atoms with E-state index in [1.165, 1.54) is 4.90 Å². The maximum atomic E-state index is 12.2. The second-order valence-electron chi connectivity index (χ2n) is 4.35. The fourth-order valence-electron chi connectivity index (χ4n) is 2.27. The molecule has 5 nitrogen and oxygen atoms in total. The molecule has 0 aromatic heterocycles. The molecule has 1 heterocycles. The van der Waals surface area contributed by atoms with Gasteiger partial charge in [-0.15, -0.1) is 0 Å². The fourth-order valence-corrected chi connectivity index (χ4v) is 2.27. The average Bonchev–Trinajstić information content (AvgIpc) is 2.55. The highest BCUT2D eigenvalue weighted by molar-refractivity contribution is 5.82. The van der Waals surface area contributed by atoms with E-state index in [9.17, 15) is 14.7 Å². The Bertz CT molecular complexity index is 277. The van der Waals surface area contributed by atoms with Gasteiger partial charge in [0, 0.05) is 19.6 Å². The van der Waals surface area contributed by atoms with Crippen LogP contribution in [0.2, 0.25) is 0 Å². The van der Waals surface area contributed by atoms with Crippen LogP contribution < -0.4 is 0 Å². The third kappa shape index (κ3) is 3.35. The largest absolute Gasteiger partial charge is 0.480 e. The Labute approximate surface area is 102 Å². The van der Waals surface area contributed by atoms with Crippen molar-refractivity contribution in [1.82, 2.24) is 9.80 Å². The van der Waals surface area contributed by atoms with E-state index in [2.05, 4.69) is 0 Å². The molecule has 17 heavy (non-hydrogen) atoms. The summed E-state index contributed by atoms with van der Waals surface area (Å²) in [5, 5.41) is 9.20. The third-order valence-electron chi connectivity index (χ3n) is 3.32. The van der Waals surface area contributed by atoms with Gasteiger partial charge in [0.15, 0.2) is 0 Å². The lowest BCUT2D eigenvalue weighted by Crippen LogP contribution is -2.50. The molecule has 0 radical (unpaired) electrons. The molecule has 1 aliphatic rings. The van der Waals surface area contributed by atoms with Crippen molar-refractivity contribution in [2.24, 2.45) is 0 Å². The summed E-state index contributed by atoms with van der Waals surface area (Å²) in [6, 6.07) is -0.782. The van der Waals surface area contributed by atoms with Gasteiger partial charge in [-0.25, -0.2) is 9.59 Å². The lowest BCUT2D eigenvalue weighted by Gasteiger charge is -2.32. The quantitative estimate of drug-likeness (QED) is 0.820. The molecule has 0 bridgehead atoms. The van der Waals surface area contributed by atoms with Gasteiger partial charge in [0.2, 0.25) is 0 Å². The van der Waals surface area contributed by atoms with Crippen molar-refractivity contribution in [2.75, 3.05) is 19.6 Å². The van der Waals surface area contributed by atoms with Crippen LogP contribution in [0.3, 0.4) is 0 Å². The zero-order chi connectivity index (χ0) is 12.8. The first kappa shape index (κ1) is 13.8. The summed E-state index contributed by atoms with van der Waals surface area (Å²) in [6.45, 7) is 5.63. The van der Waals surface area contributed by atoms with Crippen molar-refractivity contribution in [3.63, 3.8) is 0 Å². The van der Waals surface area contributed by atoms with E-state index in [1.54, 1.807) is 4.90 Å². The standard InChI is InChI=1S/C12H22N2O3/c1-3-13(4-2)12(17)14-9-7-5-6-8-10(14)11(15)16/h10H,3-9H2,1-2H3,(H,15,16). The molecule has 1 fully saturated rings. The number of hydrogen-bond donors (Lipinski definition) is 1. The minimum absolute atomic E-state index is 0.135. The highest BCUT2D eigenvalue weighted by Gasteiger charge is 2.32. The zero-order valence-corrected chi connectivity index (χ0v) is 10.7. The van der Waals surface area contributed by atoms with Gasteiger partial charge in [-0.1, -0.05) is 12.8 Å². The Morgan fingerprint density at radius 2 is 1.88 bits per heavy atom. The minimum atomic E-state index is -0.882. The molecule has 0 aromatic rings. The first-order valence-corrected chi connectivity index (χ1v) is 6.40. The molecule has 0 saturated carbocycles. The van der Waals surface area contributed by atoms with Gasteiger partial charge in [-0.3, -0.25) is 0 Å². The van der Waals surface area contributed by atoms with Crippen LogP contribution in [-0.2, 0) is 4.79 Å². The number of carbonyl (C=O) groups excluding carboxylic acids is 1. The maximum Gasteiger partial charge on any atom is 0.326 e. The topological polar surface area (TPSA) is 60.9 Å². The Balaban J connectivity index is 2.81. The van der Waals surface area contributed by atoms with Crippen molar-refractivity contribution < 1.29 is 14.7 Å². The number of carbonyl (C=O) groups is 2. The summed E-state index contributed by atoms with van der Waals surface area (Å²) in [7, 11) is 0. The molecule has 1 atom stereocenters. The summed E-state index contributed by atoms with van der Waals surface area (Å²) in [5.74, 6) is -0.882. The number of aliphatic carboxylic acids is 1. The van der Waals surface area contributed by atoms with Crippen LogP contribution in [0.25, 0.3) is 0 Å². The number of carboxylic acid groups (broad SMARTS) is 1. The molecule has 5 heteroatoms. The summed E-state index contributed by atoms with van der Waals surface area (Å²) in [5.41, 5.74) is 0. The molecule has 2 amide bonds. The summed E-state index contributed by atoms with van der Waals surface area (Å²) < 4.78 is 0. The molecule has 1 N–H and O–H groups in total. The van der Waals surface area contributed by atoms with E-state index in [4.69, 9.17) is 0 Å². The van der Waals surface area contributed by atoms with Gasteiger partial charge >= 0.3 is 12.0 Å². The highest BCUT2D eigenvalue weighted by Crippen LogP contribution is 2.18. The molecule has 1 unspecified atom stereocenters. The average molecular weight is 242 g/mol. The molecule has 1 saturated heterocycles. The molecule has 0 aliphatic carbocycles. The summed E-state index contributed by atoms with van der Waals surface area (Å²) >= 11 is 0. The fraction of sp³-hybridized carbons (Fsp3) is 0.833. The zero-order valence-electron chi connectivity index (χ0n) is 10.7. The predicted molar refractivity (Wildman–Crippen MR) is 64.9 cm³/mol. The van der Waals surface area contributed by atoms with Gasteiger partial charge in [-0.05, 0) is 26.7 Å². The van der Waals surface area contributed by atoms with E-state index in [0.29, 0.717) is 26.1 Å². The van der Waals surface area contributed by atoms with E-state index in [1.807, 2.05) is 13.8 Å². The minimum Gasteiger partial charge on any atom is -0.480 e. The number of carboxylic acids is 1.